The van der Waals surface area contributed by atoms with E-state index in [-0.39, 0.29) is 11.4 Å². The second-order valence-electron chi connectivity index (χ2n) is 6.57. The van der Waals surface area contributed by atoms with E-state index in [2.05, 4.69) is 5.32 Å². The number of nitrogens with one attached hydrogen (secondary N) is 1. The van der Waals surface area contributed by atoms with Crippen molar-refractivity contribution in [1.82, 2.24) is 4.31 Å². The van der Waals surface area contributed by atoms with Crippen LogP contribution in [0.2, 0.25) is 10.0 Å². The van der Waals surface area contributed by atoms with Crippen LogP contribution in [0.25, 0.3) is 0 Å². The van der Waals surface area contributed by atoms with Crippen molar-refractivity contribution in [3.05, 3.63) is 88.4 Å². The molecule has 0 radical (unpaired) electrons. The summed E-state index contributed by atoms with van der Waals surface area (Å²) in [5.41, 5.74) is 1.02. The molecule has 0 aliphatic rings. The standard InChI is InChI=1S/C22H20Cl2N2O4S/c1-30-21-9-5-4-8-20(21)25-22(27)15-26(14-16-6-2-3-7-19(16)24)31(28,29)18-12-10-17(23)11-13-18/h2-13H,14-15H2,1H3,(H,25,27). The summed E-state index contributed by atoms with van der Waals surface area (Å²) in [5, 5.41) is 3.52. The number of hydrogen-bond acceptors (Lipinski definition) is 4. The number of anilines is 1. The zero-order valence-corrected chi connectivity index (χ0v) is 18.9. The van der Waals surface area contributed by atoms with Gasteiger partial charge in [0.1, 0.15) is 5.75 Å². The van der Waals surface area contributed by atoms with Crippen molar-refractivity contribution in [3.8, 4) is 5.75 Å². The lowest BCUT2D eigenvalue weighted by atomic mass is 10.2. The summed E-state index contributed by atoms with van der Waals surface area (Å²) in [5.74, 6) is -0.0526. The Hall–Kier alpha value is -2.58. The molecule has 3 aromatic rings. The van der Waals surface area contributed by atoms with Crippen molar-refractivity contribution in [3.63, 3.8) is 0 Å². The average Bonchev–Trinajstić information content (AvgIpc) is 2.75. The second kappa shape index (κ2) is 10.2. The number of halogens is 2. The van der Waals surface area contributed by atoms with Gasteiger partial charge in [0.2, 0.25) is 15.9 Å². The molecule has 6 nitrogen and oxygen atoms in total. The largest absolute Gasteiger partial charge is 0.495 e. The Kier molecular flexibility index (Phi) is 7.56. The molecule has 0 saturated heterocycles. The minimum Gasteiger partial charge on any atom is -0.495 e. The number of carbonyl (C=O) groups excluding carboxylic acids is 1. The van der Waals surface area contributed by atoms with Gasteiger partial charge in [-0.25, -0.2) is 8.42 Å². The van der Waals surface area contributed by atoms with E-state index in [0.717, 1.165) is 4.31 Å². The summed E-state index contributed by atoms with van der Waals surface area (Å²) in [7, 11) is -2.53. The van der Waals surface area contributed by atoms with Gasteiger partial charge >= 0.3 is 0 Å². The van der Waals surface area contributed by atoms with E-state index in [1.807, 2.05) is 0 Å². The summed E-state index contributed by atoms with van der Waals surface area (Å²) in [6, 6.07) is 19.5. The molecule has 9 heteroatoms. The van der Waals surface area contributed by atoms with Gasteiger partial charge in [-0.2, -0.15) is 4.31 Å². The van der Waals surface area contributed by atoms with Gasteiger partial charge in [-0.3, -0.25) is 4.79 Å². The van der Waals surface area contributed by atoms with Gasteiger partial charge in [0.05, 0.1) is 24.2 Å². The maximum atomic E-state index is 13.3. The third kappa shape index (κ3) is 5.77. The van der Waals surface area contributed by atoms with Gasteiger partial charge in [0, 0.05) is 16.6 Å². The highest BCUT2D eigenvalue weighted by molar-refractivity contribution is 7.89. The molecule has 1 amide bonds. The molecule has 162 valence electrons. The molecule has 0 heterocycles. The van der Waals surface area contributed by atoms with E-state index in [4.69, 9.17) is 27.9 Å². The van der Waals surface area contributed by atoms with Crippen LogP contribution in [0.4, 0.5) is 5.69 Å². The predicted octanol–water partition coefficient (Wildman–Crippen LogP) is 4.83. The van der Waals surface area contributed by atoms with Crippen LogP contribution >= 0.6 is 23.2 Å². The number of amides is 1. The van der Waals surface area contributed by atoms with Gasteiger partial charge in [-0.05, 0) is 48.0 Å². The molecule has 3 aromatic carbocycles. The second-order valence-corrected chi connectivity index (χ2v) is 9.35. The summed E-state index contributed by atoms with van der Waals surface area (Å²) in [6.07, 6.45) is 0. The number of rotatable bonds is 8. The van der Waals surface area contributed by atoms with E-state index < -0.39 is 22.5 Å². The lowest BCUT2D eigenvalue weighted by Gasteiger charge is -2.23. The van der Waals surface area contributed by atoms with Crippen LogP contribution in [-0.4, -0.2) is 32.3 Å². The van der Waals surface area contributed by atoms with Crippen LogP contribution in [0.3, 0.4) is 0 Å². The molecule has 0 saturated carbocycles. The van der Waals surface area contributed by atoms with Crippen molar-refractivity contribution in [2.45, 2.75) is 11.4 Å². The first-order valence-electron chi connectivity index (χ1n) is 9.23. The van der Waals surface area contributed by atoms with Crippen molar-refractivity contribution >= 4 is 44.8 Å². The van der Waals surface area contributed by atoms with Crippen molar-refractivity contribution in [2.75, 3.05) is 19.0 Å². The molecule has 0 fully saturated rings. The lowest BCUT2D eigenvalue weighted by Crippen LogP contribution is -2.37. The van der Waals surface area contributed by atoms with Crippen LogP contribution in [0.5, 0.6) is 5.75 Å². The molecule has 3 rings (SSSR count). The quantitative estimate of drug-likeness (QED) is 0.502. The third-order valence-electron chi connectivity index (χ3n) is 4.46. The maximum Gasteiger partial charge on any atom is 0.243 e. The Morgan fingerprint density at radius 2 is 1.61 bits per heavy atom. The first-order valence-corrected chi connectivity index (χ1v) is 11.4. The predicted molar refractivity (Wildman–Crippen MR) is 122 cm³/mol. The fourth-order valence-electron chi connectivity index (χ4n) is 2.90. The van der Waals surface area contributed by atoms with Crippen molar-refractivity contribution < 1.29 is 17.9 Å². The number of nitrogens with zero attached hydrogens (tertiary/aromatic N) is 1. The third-order valence-corrected chi connectivity index (χ3v) is 6.88. The highest BCUT2D eigenvalue weighted by Crippen LogP contribution is 2.25. The summed E-state index contributed by atoms with van der Waals surface area (Å²) in [6.45, 7) is -0.502. The van der Waals surface area contributed by atoms with E-state index in [1.54, 1.807) is 48.5 Å². The van der Waals surface area contributed by atoms with E-state index in [9.17, 15) is 13.2 Å². The minimum atomic E-state index is -4.01. The molecule has 31 heavy (non-hydrogen) atoms. The molecular weight excluding hydrogens is 459 g/mol. The van der Waals surface area contributed by atoms with Crippen LogP contribution in [0, 0.1) is 0 Å². The Morgan fingerprint density at radius 1 is 0.968 bits per heavy atom. The monoisotopic (exact) mass is 478 g/mol. The van der Waals surface area contributed by atoms with Crippen molar-refractivity contribution in [1.29, 1.82) is 0 Å². The first-order chi connectivity index (χ1) is 14.8. The first kappa shape index (κ1) is 23.1. The fraction of sp³-hybridized carbons (Fsp3) is 0.136. The molecule has 0 aromatic heterocycles. The lowest BCUT2D eigenvalue weighted by molar-refractivity contribution is -0.116. The molecule has 0 bridgehead atoms. The zero-order valence-electron chi connectivity index (χ0n) is 16.6. The molecular formula is C22H20Cl2N2O4S. The highest BCUT2D eigenvalue weighted by atomic mass is 35.5. The number of carbonyl (C=O) groups is 1. The SMILES string of the molecule is COc1ccccc1NC(=O)CN(Cc1ccccc1Cl)S(=O)(=O)c1ccc(Cl)cc1. The van der Waals surface area contributed by atoms with E-state index in [1.165, 1.54) is 31.4 Å². The van der Waals surface area contributed by atoms with Crippen molar-refractivity contribution in [2.24, 2.45) is 0 Å². The fourth-order valence-corrected chi connectivity index (χ4v) is 4.59. The minimum absolute atomic E-state index is 0.0223. The summed E-state index contributed by atoms with van der Waals surface area (Å²) >= 11 is 12.1. The number of benzene rings is 3. The van der Waals surface area contributed by atoms with Crippen LogP contribution < -0.4 is 10.1 Å². The Balaban J connectivity index is 1.91. The Labute approximate surface area is 191 Å². The van der Waals surface area contributed by atoms with Crippen LogP contribution in [0.15, 0.2) is 77.7 Å². The number of sulfonamides is 1. The zero-order chi connectivity index (χ0) is 22.4. The normalized spacial score (nSPS) is 11.4. The average molecular weight is 479 g/mol. The van der Waals surface area contributed by atoms with Gasteiger partial charge in [-0.1, -0.05) is 53.5 Å². The van der Waals surface area contributed by atoms with E-state index >= 15 is 0 Å². The molecule has 1 N–H and O–H groups in total. The Morgan fingerprint density at radius 3 is 2.29 bits per heavy atom. The number of methoxy groups -OCH3 is 1. The van der Waals surface area contributed by atoms with Crippen LogP contribution in [0.1, 0.15) is 5.56 Å². The van der Waals surface area contributed by atoms with Gasteiger partial charge < -0.3 is 10.1 Å². The number of ether oxygens (including phenoxy) is 1. The molecule has 0 atom stereocenters. The highest BCUT2D eigenvalue weighted by Gasteiger charge is 2.28. The molecule has 0 aliphatic heterocycles. The smallest absolute Gasteiger partial charge is 0.243 e. The van der Waals surface area contributed by atoms with Crippen LogP contribution in [-0.2, 0) is 21.4 Å². The number of para-hydroxylation sites is 2. The number of hydrogen-bond donors (Lipinski definition) is 1. The topological polar surface area (TPSA) is 75.7 Å². The van der Waals surface area contributed by atoms with E-state index in [0.29, 0.717) is 27.0 Å². The molecule has 0 unspecified atom stereocenters. The van der Waals surface area contributed by atoms with Gasteiger partial charge in [-0.15, -0.1) is 0 Å². The van der Waals surface area contributed by atoms with Gasteiger partial charge in [0.25, 0.3) is 0 Å². The molecule has 0 spiro atoms. The summed E-state index contributed by atoms with van der Waals surface area (Å²) in [4.78, 5) is 12.8. The maximum absolute atomic E-state index is 13.3. The summed E-state index contributed by atoms with van der Waals surface area (Å²) < 4.78 is 32.9. The Bertz CT molecular complexity index is 1170. The molecule has 0 aliphatic carbocycles. The van der Waals surface area contributed by atoms with Gasteiger partial charge in [0.15, 0.2) is 0 Å².